The molecule has 2 aliphatic rings. The van der Waals surface area contributed by atoms with Crippen LogP contribution in [-0.4, -0.2) is 47.5 Å². The summed E-state index contributed by atoms with van der Waals surface area (Å²) in [6.07, 6.45) is 5.49. The van der Waals surface area contributed by atoms with E-state index in [0.29, 0.717) is 55.7 Å². The normalized spacial score (nSPS) is 15.0. The van der Waals surface area contributed by atoms with Crippen molar-refractivity contribution in [1.82, 2.24) is 19.1 Å². The number of fused-ring (bicyclic) bond motifs is 2. The highest BCUT2D eigenvalue weighted by atomic mass is 35.5. The highest BCUT2D eigenvalue weighted by Crippen LogP contribution is 2.45. The quantitative estimate of drug-likeness (QED) is 0.0788. The number of nitrogens with zero attached hydrogens (tertiary/aromatic N) is 4. The van der Waals surface area contributed by atoms with Crippen LogP contribution in [-0.2, 0) is 24.3 Å². The maximum absolute atomic E-state index is 14.5. The van der Waals surface area contributed by atoms with Crippen LogP contribution in [0.4, 0.5) is 17.6 Å². The van der Waals surface area contributed by atoms with Crippen LogP contribution in [0.3, 0.4) is 0 Å². The molecule has 10 rings (SSSR count). The maximum Gasteiger partial charge on any atom is 0.173 e. The minimum atomic E-state index is -0.345. The summed E-state index contributed by atoms with van der Waals surface area (Å²) < 4.78 is 82.7. The van der Waals surface area contributed by atoms with Crippen molar-refractivity contribution in [3.05, 3.63) is 200 Å². The molecule has 0 N–H and O–H groups in total. The molecule has 16 heteroatoms. The largest absolute Gasteiger partial charge is 0.493 e. The Bertz CT molecular complexity index is 2950. The molecule has 8 nitrogen and oxygen atoms in total. The Labute approximate surface area is 434 Å². The Morgan fingerprint density at radius 1 is 0.514 bits per heavy atom. The number of methoxy groups -OCH3 is 4. The Hall–Kier alpha value is -6.06. The average molecular weight is 1050 g/mol. The number of benzene rings is 6. The molecule has 0 aliphatic heterocycles. The van der Waals surface area contributed by atoms with Crippen LogP contribution in [0.2, 0.25) is 10.0 Å². The van der Waals surface area contributed by atoms with Crippen molar-refractivity contribution in [2.45, 2.75) is 72.2 Å². The van der Waals surface area contributed by atoms with E-state index in [2.05, 4.69) is 21.3 Å². The van der Waals surface area contributed by atoms with Crippen LogP contribution in [0.5, 0.6) is 23.0 Å². The van der Waals surface area contributed by atoms with E-state index in [1.165, 1.54) is 59.9 Å². The molecule has 2 aromatic heterocycles. The molecule has 0 saturated heterocycles. The molecule has 372 valence electrons. The molecule has 2 aliphatic carbocycles. The second-order valence-corrected chi connectivity index (χ2v) is 19.9. The van der Waals surface area contributed by atoms with E-state index in [4.69, 9.17) is 52.1 Å². The Morgan fingerprint density at radius 2 is 0.903 bits per heavy atom. The van der Waals surface area contributed by atoms with Gasteiger partial charge in [-0.25, -0.2) is 27.5 Å². The highest BCUT2D eigenvalue weighted by Gasteiger charge is 2.33. The first-order chi connectivity index (χ1) is 35.0. The minimum Gasteiger partial charge on any atom is -0.493 e. The first-order valence-corrected chi connectivity index (χ1v) is 26.0. The Morgan fingerprint density at radius 3 is 1.26 bits per heavy atom. The van der Waals surface area contributed by atoms with E-state index in [-0.39, 0.29) is 35.1 Å². The van der Waals surface area contributed by atoms with Crippen LogP contribution in [0.1, 0.15) is 82.5 Å². The van der Waals surface area contributed by atoms with Gasteiger partial charge in [-0.3, -0.25) is 9.13 Å². The second kappa shape index (κ2) is 22.8. The zero-order chi connectivity index (χ0) is 50.5. The van der Waals surface area contributed by atoms with Crippen LogP contribution in [0.15, 0.2) is 132 Å². The van der Waals surface area contributed by atoms with Crippen molar-refractivity contribution >= 4 is 46.7 Å². The number of hydrogen-bond acceptors (Lipinski definition) is 8. The lowest BCUT2D eigenvalue weighted by Gasteiger charge is -2.26. The van der Waals surface area contributed by atoms with Crippen molar-refractivity contribution in [2.24, 2.45) is 0 Å². The van der Waals surface area contributed by atoms with Gasteiger partial charge in [0.25, 0.3) is 0 Å². The molecule has 0 saturated carbocycles. The molecule has 8 aromatic rings. The number of imidazole rings is 2. The zero-order valence-electron chi connectivity index (χ0n) is 39.9. The summed E-state index contributed by atoms with van der Waals surface area (Å²) in [7, 11) is 6.48. The van der Waals surface area contributed by atoms with Gasteiger partial charge in [-0.2, -0.15) is 0 Å². The Kier molecular flexibility index (Phi) is 16.1. The van der Waals surface area contributed by atoms with E-state index in [1.807, 2.05) is 24.3 Å². The summed E-state index contributed by atoms with van der Waals surface area (Å²) >= 11 is 15.4. The molecule has 2 heterocycles. The van der Waals surface area contributed by atoms with Crippen molar-refractivity contribution in [3.8, 4) is 34.4 Å². The molecule has 6 aromatic carbocycles. The number of rotatable bonds is 14. The van der Waals surface area contributed by atoms with Gasteiger partial charge in [0, 0.05) is 55.9 Å². The molecular weight excluding hydrogens is 1000 g/mol. The lowest BCUT2D eigenvalue weighted by molar-refractivity contribution is 0.354. The molecular formula is C56H50Cl2F4N4O4S2. The van der Waals surface area contributed by atoms with Gasteiger partial charge >= 0.3 is 0 Å². The fraction of sp³-hybridized carbons (Fsp3) is 0.250. The summed E-state index contributed by atoms with van der Waals surface area (Å²) in [6.45, 7) is 0. The van der Waals surface area contributed by atoms with Crippen molar-refractivity contribution in [1.29, 1.82) is 0 Å². The number of ether oxygens (including phenoxy) is 4. The molecule has 0 bridgehead atoms. The number of hydrogen-bond donors (Lipinski definition) is 0. The van der Waals surface area contributed by atoms with E-state index >= 15 is 0 Å². The predicted molar refractivity (Wildman–Crippen MR) is 278 cm³/mol. The van der Waals surface area contributed by atoms with Crippen LogP contribution < -0.4 is 18.9 Å². The zero-order valence-corrected chi connectivity index (χ0v) is 43.0. The fourth-order valence-electron chi connectivity index (χ4n) is 9.49. The smallest absolute Gasteiger partial charge is 0.173 e. The van der Waals surface area contributed by atoms with Gasteiger partial charge in [-0.05, 0) is 147 Å². The van der Waals surface area contributed by atoms with Gasteiger partial charge < -0.3 is 18.9 Å². The SMILES string of the molecule is COc1ccc([C@@H]2CCCc3nc(SCc4c(F)cccc4Cl)n(-c4ccc(F)cc4)c32)cc1OC.COc1ccc([C@H]2CCCc3nc(SCc4c(F)cccc4Cl)n(-c4ccc(F)cc4)c32)cc1OC. The van der Waals surface area contributed by atoms with E-state index in [1.54, 1.807) is 77.0 Å². The molecule has 72 heavy (non-hydrogen) atoms. The molecule has 2 atom stereocenters. The minimum absolute atomic E-state index is 0.0532. The number of aryl methyl sites for hydroxylation is 2. The van der Waals surface area contributed by atoms with Crippen LogP contribution in [0.25, 0.3) is 11.4 Å². The second-order valence-electron chi connectivity index (χ2n) is 17.2. The standard InChI is InChI=1S/2C28H25ClF2N2O2S/c2*1-34-25-14-9-17(15-26(25)35-2)20-5-3-8-24-27(20)33(19-12-10-18(30)11-13-19)28(32-24)36-16-21-22(29)6-4-7-23(21)31/h2*4,6-7,9-15,20H,3,5,8,16H2,1-2H3/t2*20-/m10/s1. The van der Waals surface area contributed by atoms with Gasteiger partial charge in [0.2, 0.25) is 0 Å². The maximum atomic E-state index is 14.5. The third-order valence-electron chi connectivity index (χ3n) is 13.0. The number of aromatic nitrogens is 4. The van der Waals surface area contributed by atoms with Gasteiger partial charge in [-0.1, -0.05) is 71.0 Å². The van der Waals surface area contributed by atoms with Crippen molar-refractivity contribution < 1.29 is 36.5 Å². The van der Waals surface area contributed by atoms with E-state index < -0.39 is 0 Å². The summed E-state index contributed by atoms with van der Waals surface area (Å²) in [5.41, 5.74) is 8.76. The molecule has 0 amide bonds. The monoisotopic (exact) mass is 1050 g/mol. The van der Waals surface area contributed by atoms with Crippen molar-refractivity contribution in [2.75, 3.05) is 28.4 Å². The molecule has 0 fully saturated rings. The Balaban J connectivity index is 0.000000178. The first kappa shape index (κ1) is 50.9. The molecule has 0 spiro atoms. The summed E-state index contributed by atoms with van der Waals surface area (Å²) in [4.78, 5) is 9.97. The summed E-state index contributed by atoms with van der Waals surface area (Å²) in [6, 6.07) is 34.1. The lowest BCUT2D eigenvalue weighted by Crippen LogP contribution is -2.15. The van der Waals surface area contributed by atoms with Crippen LogP contribution >= 0.6 is 46.7 Å². The molecule has 0 radical (unpaired) electrons. The summed E-state index contributed by atoms with van der Waals surface area (Å²) in [5, 5.41) is 2.21. The van der Waals surface area contributed by atoms with Crippen molar-refractivity contribution in [3.63, 3.8) is 0 Å². The van der Waals surface area contributed by atoms with Crippen LogP contribution in [0, 0.1) is 23.3 Å². The number of halogens is 6. The average Bonchev–Trinajstić information content (AvgIpc) is 3.97. The third-order valence-corrected chi connectivity index (χ3v) is 15.6. The summed E-state index contributed by atoms with van der Waals surface area (Å²) in [5.74, 6) is 2.11. The van der Waals surface area contributed by atoms with Gasteiger partial charge in [0.05, 0.1) is 51.2 Å². The third kappa shape index (κ3) is 10.7. The molecule has 0 unspecified atom stereocenters. The fourth-order valence-corrected chi connectivity index (χ4v) is 12.3. The topological polar surface area (TPSA) is 72.6 Å². The van der Waals surface area contributed by atoms with Gasteiger partial charge in [0.15, 0.2) is 33.3 Å². The van der Waals surface area contributed by atoms with E-state index in [9.17, 15) is 17.6 Å². The van der Waals surface area contributed by atoms with Gasteiger partial charge in [-0.15, -0.1) is 0 Å². The first-order valence-electron chi connectivity index (χ1n) is 23.3. The lowest BCUT2D eigenvalue weighted by atomic mass is 9.84. The highest BCUT2D eigenvalue weighted by molar-refractivity contribution is 7.98. The van der Waals surface area contributed by atoms with Gasteiger partial charge in [0.1, 0.15) is 23.3 Å². The number of thioether (sulfide) groups is 2. The van der Waals surface area contributed by atoms with E-state index in [0.717, 1.165) is 94.1 Å². The predicted octanol–water partition coefficient (Wildman–Crippen LogP) is 15.2.